The molecule has 0 saturated carbocycles. The summed E-state index contributed by atoms with van der Waals surface area (Å²) in [5.41, 5.74) is 1.79. The Bertz CT molecular complexity index is 1010. The highest BCUT2D eigenvalue weighted by molar-refractivity contribution is 6.42. The molecule has 3 heterocycles. The van der Waals surface area contributed by atoms with Crippen LogP contribution in [-0.4, -0.2) is 38.8 Å². The van der Waals surface area contributed by atoms with Gasteiger partial charge < -0.3 is 9.80 Å². The van der Waals surface area contributed by atoms with Crippen molar-refractivity contribution in [2.45, 2.75) is 25.9 Å². The van der Waals surface area contributed by atoms with Gasteiger partial charge in [-0.15, -0.1) is 0 Å². The maximum atomic E-state index is 13.5. The van der Waals surface area contributed by atoms with Gasteiger partial charge in [0, 0.05) is 44.1 Å². The van der Waals surface area contributed by atoms with E-state index in [1.807, 2.05) is 35.2 Å². The monoisotopic (exact) mass is 455 g/mol. The van der Waals surface area contributed by atoms with Gasteiger partial charge in [0.25, 0.3) is 0 Å². The van der Waals surface area contributed by atoms with Crippen LogP contribution in [0, 0.1) is 5.92 Å². The molecule has 1 aromatic carbocycles. The van der Waals surface area contributed by atoms with Gasteiger partial charge in [-0.05, 0) is 48.7 Å². The first-order valence-corrected chi connectivity index (χ1v) is 11.0. The highest BCUT2D eigenvalue weighted by atomic mass is 35.5. The van der Waals surface area contributed by atoms with Crippen LogP contribution in [0.4, 0.5) is 5.95 Å². The summed E-state index contributed by atoms with van der Waals surface area (Å²) in [6.07, 6.45) is 6.75. The van der Waals surface area contributed by atoms with Crippen LogP contribution < -0.4 is 4.90 Å². The van der Waals surface area contributed by atoms with Crippen LogP contribution in [0.5, 0.6) is 0 Å². The van der Waals surface area contributed by atoms with E-state index in [1.165, 1.54) is 0 Å². The lowest BCUT2D eigenvalue weighted by molar-refractivity contribution is -0.137. The van der Waals surface area contributed by atoms with Gasteiger partial charge in [0.1, 0.15) is 0 Å². The Kier molecular flexibility index (Phi) is 6.99. The first-order valence-electron chi connectivity index (χ1n) is 10.2. The highest BCUT2D eigenvalue weighted by Gasteiger charge is 2.29. The SMILES string of the molecule is O=C(C1CCN(c2ncccn2)CC1)N(Cc1ccc(Cl)c(Cl)c1)Cc1ccccn1. The summed E-state index contributed by atoms with van der Waals surface area (Å²) < 4.78 is 0. The normalized spacial score (nSPS) is 14.5. The van der Waals surface area contributed by atoms with E-state index in [0.29, 0.717) is 23.1 Å². The molecule has 0 bridgehead atoms. The lowest BCUT2D eigenvalue weighted by Gasteiger charge is -2.34. The lowest BCUT2D eigenvalue weighted by Crippen LogP contribution is -2.42. The molecule has 160 valence electrons. The molecule has 1 saturated heterocycles. The van der Waals surface area contributed by atoms with Crippen LogP contribution in [0.25, 0.3) is 0 Å². The molecule has 6 nitrogen and oxygen atoms in total. The molecule has 0 spiro atoms. The number of hydrogen-bond donors (Lipinski definition) is 0. The molecule has 3 aromatic rings. The molecule has 0 N–H and O–H groups in total. The predicted octanol–water partition coefficient (Wildman–Crippen LogP) is 4.62. The Hall–Kier alpha value is -2.70. The van der Waals surface area contributed by atoms with Crippen molar-refractivity contribution < 1.29 is 4.79 Å². The number of anilines is 1. The predicted molar refractivity (Wildman–Crippen MR) is 122 cm³/mol. The van der Waals surface area contributed by atoms with Gasteiger partial charge in [0.15, 0.2) is 0 Å². The summed E-state index contributed by atoms with van der Waals surface area (Å²) in [4.78, 5) is 30.5. The van der Waals surface area contributed by atoms with Crippen LogP contribution in [0.2, 0.25) is 10.0 Å². The topological polar surface area (TPSA) is 62.2 Å². The van der Waals surface area contributed by atoms with Crippen LogP contribution >= 0.6 is 23.2 Å². The van der Waals surface area contributed by atoms with Crippen molar-refractivity contribution in [3.05, 3.63) is 82.4 Å². The number of hydrogen-bond acceptors (Lipinski definition) is 5. The third-order valence-corrected chi connectivity index (χ3v) is 6.17. The molecular formula is C23H23Cl2N5O. The fourth-order valence-corrected chi connectivity index (χ4v) is 4.12. The van der Waals surface area contributed by atoms with Crippen LogP contribution in [-0.2, 0) is 17.9 Å². The largest absolute Gasteiger partial charge is 0.341 e. The second-order valence-electron chi connectivity index (χ2n) is 7.57. The summed E-state index contributed by atoms with van der Waals surface area (Å²) in [7, 11) is 0. The minimum absolute atomic E-state index is 0.0496. The van der Waals surface area contributed by atoms with Gasteiger partial charge in [-0.3, -0.25) is 9.78 Å². The highest BCUT2D eigenvalue weighted by Crippen LogP contribution is 2.26. The smallest absolute Gasteiger partial charge is 0.226 e. The molecule has 1 aliphatic rings. The molecule has 8 heteroatoms. The van der Waals surface area contributed by atoms with Crippen LogP contribution in [0.1, 0.15) is 24.1 Å². The molecular weight excluding hydrogens is 433 g/mol. The minimum Gasteiger partial charge on any atom is -0.341 e. The first kappa shape index (κ1) is 21.5. The summed E-state index contributed by atoms with van der Waals surface area (Å²) in [6.45, 7) is 2.41. The third kappa shape index (κ3) is 5.51. The van der Waals surface area contributed by atoms with Crippen LogP contribution in [0.3, 0.4) is 0 Å². The Labute approximate surface area is 191 Å². The van der Waals surface area contributed by atoms with Gasteiger partial charge in [-0.2, -0.15) is 0 Å². The number of pyridine rings is 1. The Morgan fingerprint density at radius 1 is 0.935 bits per heavy atom. The van der Waals surface area contributed by atoms with Crippen molar-refractivity contribution in [1.82, 2.24) is 19.9 Å². The number of piperidine rings is 1. The number of carbonyl (C=O) groups excluding carboxylic acids is 1. The quantitative estimate of drug-likeness (QED) is 0.542. The van der Waals surface area contributed by atoms with E-state index in [0.717, 1.165) is 43.1 Å². The van der Waals surface area contributed by atoms with Gasteiger partial charge in [-0.25, -0.2) is 9.97 Å². The van der Waals surface area contributed by atoms with Gasteiger partial charge in [-0.1, -0.05) is 35.3 Å². The summed E-state index contributed by atoms with van der Waals surface area (Å²) in [6, 6.07) is 13.0. The van der Waals surface area contributed by atoms with E-state index in [-0.39, 0.29) is 11.8 Å². The zero-order valence-corrected chi connectivity index (χ0v) is 18.5. The Morgan fingerprint density at radius 2 is 1.68 bits per heavy atom. The van der Waals surface area contributed by atoms with Crippen molar-refractivity contribution in [3.63, 3.8) is 0 Å². The van der Waals surface area contributed by atoms with E-state index >= 15 is 0 Å². The molecule has 0 radical (unpaired) electrons. The van der Waals surface area contributed by atoms with Crippen molar-refractivity contribution in [1.29, 1.82) is 0 Å². The molecule has 1 aliphatic heterocycles. The number of nitrogens with zero attached hydrogens (tertiary/aromatic N) is 5. The van der Waals surface area contributed by atoms with Gasteiger partial charge in [0.05, 0.1) is 22.3 Å². The van der Waals surface area contributed by atoms with Crippen molar-refractivity contribution in [2.24, 2.45) is 5.92 Å². The first-order chi connectivity index (χ1) is 15.1. The molecule has 1 fully saturated rings. The number of benzene rings is 1. The zero-order valence-electron chi connectivity index (χ0n) is 17.0. The maximum absolute atomic E-state index is 13.5. The second-order valence-corrected chi connectivity index (χ2v) is 8.39. The van der Waals surface area contributed by atoms with E-state index in [9.17, 15) is 4.79 Å². The standard InChI is InChI=1S/C23H23Cl2N5O/c24-20-6-5-17(14-21(20)25)15-30(16-19-4-1-2-9-26-19)22(31)18-7-12-29(13-8-18)23-27-10-3-11-28-23/h1-6,9-11,14,18H,7-8,12-13,15-16H2. The molecule has 2 aromatic heterocycles. The minimum atomic E-state index is -0.0496. The Balaban J connectivity index is 1.47. The van der Waals surface area contributed by atoms with Gasteiger partial charge >= 0.3 is 0 Å². The van der Waals surface area contributed by atoms with E-state index in [4.69, 9.17) is 23.2 Å². The maximum Gasteiger partial charge on any atom is 0.226 e. The van der Waals surface area contributed by atoms with E-state index in [2.05, 4.69) is 19.9 Å². The number of carbonyl (C=O) groups is 1. The second kappa shape index (κ2) is 10.1. The Morgan fingerprint density at radius 3 is 2.35 bits per heavy atom. The van der Waals surface area contributed by atoms with Crippen molar-refractivity contribution in [3.8, 4) is 0 Å². The third-order valence-electron chi connectivity index (χ3n) is 5.43. The van der Waals surface area contributed by atoms with E-state index in [1.54, 1.807) is 30.7 Å². The van der Waals surface area contributed by atoms with E-state index < -0.39 is 0 Å². The molecule has 0 aliphatic carbocycles. The molecule has 0 atom stereocenters. The zero-order chi connectivity index (χ0) is 21.6. The van der Waals surface area contributed by atoms with Crippen molar-refractivity contribution in [2.75, 3.05) is 18.0 Å². The van der Waals surface area contributed by atoms with Crippen LogP contribution in [0.15, 0.2) is 61.1 Å². The molecule has 1 amide bonds. The van der Waals surface area contributed by atoms with Gasteiger partial charge in [0.2, 0.25) is 11.9 Å². The molecule has 0 unspecified atom stereocenters. The number of rotatable bonds is 6. The van der Waals surface area contributed by atoms with Crippen molar-refractivity contribution >= 4 is 35.1 Å². The number of aromatic nitrogens is 3. The fourth-order valence-electron chi connectivity index (χ4n) is 3.80. The summed E-state index contributed by atoms with van der Waals surface area (Å²) in [5, 5.41) is 0.990. The summed E-state index contributed by atoms with van der Waals surface area (Å²) in [5.74, 6) is 0.798. The number of amides is 1. The molecule has 4 rings (SSSR count). The number of halogens is 2. The molecule has 31 heavy (non-hydrogen) atoms. The average Bonchev–Trinajstić information content (AvgIpc) is 2.82. The fraction of sp³-hybridized carbons (Fsp3) is 0.304. The average molecular weight is 456 g/mol. The lowest BCUT2D eigenvalue weighted by atomic mass is 9.95. The summed E-state index contributed by atoms with van der Waals surface area (Å²) >= 11 is 12.3.